The monoisotopic (exact) mass is 272 g/mol. The van der Waals surface area contributed by atoms with E-state index in [0.29, 0.717) is 12.3 Å². The summed E-state index contributed by atoms with van der Waals surface area (Å²) < 4.78 is 7.16. The van der Waals surface area contributed by atoms with E-state index >= 15 is 0 Å². The van der Waals surface area contributed by atoms with E-state index < -0.39 is 0 Å². The lowest BCUT2D eigenvalue weighted by molar-refractivity contribution is 0.184. The number of amides is 2. The summed E-state index contributed by atoms with van der Waals surface area (Å²) in [6, 6.07) is 9.29. The number of hydrogen-bond acceptors (Lipinski definition) is 3. The highest BCUT2D eigenvalue weighted by atomic mass is 16.5. The number of carbonyl (C=O) groups is 1. The molecule has 6 nitrogen and oxygen atoms in total. The minimum Gasteiger partial charge on any atom is -0.379 e. The van der Waals surface area contributed by atoms with Crippen molar-refractivity contribution in [3.05, 3.63) is 42.7 Å². The molecule has 104 valence electrons. The highest BCUT2D eigenvalue weighted by molar-refractivity contribution is 5.99. The maximum absolute atomic E-state index is 11.8. The molecule has 0 radical (unpaired) electrons. The summed E-state index contributed by atoms with van der Waals surface area (Å²) in [5, 5.41) is 9.77. The normalized spacial score (nSPS) is 17.9. The molecule has 1 aromatic heterocycles. The summed E-state index contributed by atoms with van der Waals surface area (Å²) in [5.74, 6) is 0. The quantitative estimate of drug-likeness (QED) is 0.902. The van der Waals surface area contributed by atoms with Crippen molar-refractivity contribution in [3.63, 3.8) is 0 Å². The van der Waals surface area contributed by atoms with Crippen LogP contribution in [0.15, 0.2) is 42.7 Å². The number of nitrogens with one attached hydrogen (secondary N) is 2. The van der Waals surface area contributed by atoms with E-state index in [9.17, 15) is 4.79 Å². The van der Waals surface area contributed by atoms with Crippen LogP contribution in [0, 0.1) is 0 Å². The summed E-state index contributed by atoms with van der Waals surface area (Å²) in [6.45, 7) is 1.44. The molecule has 2 heterocycles. The Morgan fingerprint density at radius 1 is 1.25 bits per heavy atom. The summed E-state index contributed by atoms with van der Waals surface area (Å²) in [7, 11) is 0. The molecule has 1 aliphatic rings. The summed E-state index contributed by atoms with van der Waals surface area (Å²) in [4.78, 5) is 11.8. The maximum Gasteiger partial charge on any atom is 0.323 e. The van der Waals surface area contributed by atoms with Crippen molar-refractivity contribution < 1.29 is 9.53 Å². The second-order valence-electron chi connectivity index (χ2n) is 4.67. The minimum atomic E-state index is -0.279. The van der Waals surface area contributed by atoms with Crippen LogP contribution in [0.25, 0.3) is 0 Å². The topological polar surface area (TPSA) is 68.2 Å². The van der Waals surface area contributed by atoms with Gasteiger partial charge in [-0.1, -0.05) is 18.2 Å². The Kier molecular flexibility index (Phi) is 3.64. The fourth-order valence-corrected chi connectivity index (χ4v) is 2.15. The molecule has 2 N–H and O–H groups in total. The van der Waals surface area contributed by atoms with E-state index in [0.717, 1.165) is 18.7 Å². The van der Waals surface area contributed by atoms with E-state index in [1.807, 2.05) is 41.2 Å². The Balaban J connectivity index is 1.59. The van der Waals surface area contributed by atoms with E-state index in [2.05, 4.69) is 15.7 Å². The second-order valence-corrected chi connectivity index (χ2v) is 4.67. The smallest absolute Gasteiger partial charge is 0.323 e. The largest absolute Gasteiger partial charge is 0.379 e. The van der Waals surface area contributed by atoms with Crippen LogP contribution in [-0.2, 0) is 4.74 Å². The van der Waals surface area contributed by atoms with Crippen molar-refractivity contribution >= 4 is 17.4 Å². The molecular weight excluding hydrogens is 256 g/mol. The first-order valence-corrected chi connectivity index (χ1v) is 6.56. The zero-order valence-corrected chi connectivity index (χ0v) is 11.0. The first kappa shape index (κ1) is 12.7. The van der Waals surface area contributed by atoms with Gasteiger partial charge in [0.25, 0.3) is 0 Å². The number of para-hydroxylation sites is 1. The molecule has 1 aliphatic heterocycles. The molecule has 2 amide bonds. The van der Waals surface area contributed by atoms with E-state index in [1.165, 1.54) is 0 Å². The number of hydrogen-bond donors (Lipinski definition) is 2. The molecule has 0 spiro atoms. The number of aromatic nitrogens is 2. The van der Waals surface area contributed by atoms with Gasteiger partial charge in [-0.15, -0.1) is 0 Å². The van der Waals surface area contributed by atoms with Gasteiger partial charge in [-0.2, -0.15) is 5.10 Å². The number of benzene rings is 1. The number of anilines is 2. The van der Waals surface area contributed by atoms with Gasteiger partial charge in [0, 0.05) is 18.5 Å². The SMILES string of the molecule is O=C(Nc1ccccc1)Nc1cnn([C@@H]2CCOC2)c1. The Morgan fingerprint density at radius 2 is 2.05 bits per heavy atom. The summed E-state index contributed by atoms with van der Waals surface area (Å²) in [6.07, 6.45) is 4.42. The van der Waals surface area contributed by atoms with Crippen molar-refractivity contribution in [3.8, 4) is 0 Å². The van der Waals surface area contributed by atoms with Gasteiger partial charge in [-0.3, -0.25) is 4.68 Å². The van der Waals surface area contributed by atoms with Crippen LogP contribution in [0.3, 0.4) is 0 Å². The van der Waals surface area contributed by atoms with Crippen LogP contribution in [0.4, 0.5) is 16.2 Å². The zero-order chi connectivity index (χ0) is 13.8. The van der Waals surface area contributed by atoms with E-state index in [4.69, 9.17) is 4.74 Å². The van der Waals surface area contributed by atoms with Gasteiger partial charge >= 0.3 is 6.03 Å². The van der Waals surface area contributed by atoms with Gasteiger partial charge < -0.3 is 15.4 Å². The fourth-order valence-electron chi connectivity index (χ4n) is 2.15. The summed E-state index contributed by atoms with van der Waals surface area (Å²) >= 11 is 0. The van der Waals surface area contributed by atoms with E-state index in [-0.39, 0.29) is 12.1 Å². The predicted octanol–water partition coefficient (Wildman–Crippen LogP) is 2.49. The van der Waals surface area contributed by atoms with Gasteiger partial charge in [-0.25, -0.2) is 4.79 Å². The molecule has 6 heteroatoms. The number of ether oxygens (including phenoxy) is 1. The van der Waals surface area contributed by atoms with Crippen molar-refractivity contribution in [1.82, 2.24) is 9.78 Å². The number of carbonyl (C=O) groups excluding carboxylic acids is 1. The zero-order valence-electron chi connectivity index (χ0n) is 11.0. The number of nitrogens with zero attached hydrogens (tertiary/aromatic N) is 2. The lowest BCUT2D eigenvalue weighted by atomic mass is 10.3. The number of rotatable bonds is 3. The van der Waals surface area contributed by atoms with Crippen LogP contribution < -0.4 is 10.6 Å². The molecule has 2 aromatic rings. The maximum atomic E-state index is 11.8. The van der Waals surface area contributed by atoms with Crippen LogP contribution >= 0.6 is 0 Å². The minimum absolute atomic E-state index is 0.266. The van der Waals surface area contributed by atoms with Crippen LogP contribution in [0.2, 0.25) is 0 Å². The average molecular weight is 272 g/mol. The second kappa shape index (κ2) is 5.75. The molecule has 1 aromatic carbocycles. The molecule has 0 aliphatic carbocycles. The summed E-state index contributed by atoms with van der Waals surface area (Å²) in [5.41, 5.74) is 1.42. The first-order valence-electron chi connectivity index (χ1n) is 6.56. The van der Waals surface area contributed by atoms with Gasteiger partial charge in [-0.05, 0) is 18.6 Å². The van der Waals surface area contributed by atoms with Crippen molar-refractivity contribution in [2.75, 3.05) is 23.8 Å². The van der Waals surface area contributed by atoms with E-state index in [1.54, 1.807) is 6.20 Å². The molecule has 0 saturated carbocycles. The average Bonchev–Trinajstić information content (AvgIpc) is 3.10. The molecule has 0 unspecified atom stereocenters. The highest BCUT2D eigenvalue weighted by Crippen LogP contribution is 2.19. The third kappa shape index (κ3) is 2.97. The molecule has 20 heavy (non-hydrogen) atoms. The van der Waals surface area contributed by atoms with Gasteiger partial charge in [0.15, 0.2) is 0 Å². The van der Waals surface area contributed by atoms with Crippen LogP contribution in [0.5, 0.6) is 0 Å². The Morgan fingerprint density at radius 3 is 2.80 bits per heavy atom. The first-order chi connectivity index (χ1) is 9.81. The highest BCUT2D eigenvalue weighted by Gasteiger charge is 2.18. The third-order valence-electron chi connectivity index (χ3n) is 3.17. The van der Waals surface area contributed by atoms with Crippen LogP contribution in [-0.4, -0.2) is 29.0 Å². The van der Waals surface area contributed by atoms with Gasteiger partial charge in [0.2, 0.25) is 0 Å². The van der Waals surface area contributed by atoms with Crippen molar-refractivity contribution in [2.45, 2.75) is 12.5 Å². The predicted molar refractivity (Wildman–Crippen MR) is 75.8 cm³/mol. The lowest BCUT2D eigenvalue weighted by Gasteiger charge is -2.07. The lowest BCUT2D eigenvalue weighted by Crippen LogP contribution is -2.19. The van der Waals surface area contributed by atoms with Gasteiger partial charge in [0.05, 0.1) is 24.5 Å². The molecule has 0 bridgehead atoms. The Labute approximate surface area is 116 Å². The molecule has 1 fully saturated rings. The van der Waals surface area contributed by atoms with Crippen molar-refractivity contribution in [1.29, 1.82) is 0 Å². The van der Waals surface area contributed by atoms with Crippen LogP contribution in [0.1, 0.15) is 12.5 Å². The van der Waals surface area contributed by atoms with Crippen molar-refractivity contribution in [2.24, 2.45) is 0 Å². The Hall–Kier alpha value is -2.34. The molecule has 1 atom stereocenters. The number of urea groups is 1. The molecule has 3 rings (SSSR count). The van der Waals surface area contributed by atoms with Gasteiger partial charge in [0.1, 0.15) is 0 Å². The third-order valence-corrected chi connectivity index (χ3v) is 3.17. The standard InChI is InChI=1S/C14H16N4O2/c19-14(16-11-4-2-1-3-5-11)17-12-8-15-18(9-12)13-6-7-20-10-13/h1-5,8-9,13H,6-7,10H2,(H2,16,17,19)/t13-/m1/s1. The Bertz CT molecular complexity index is 576. The fraction of sp³-hybridized carbons (Fsp3) is 0.286. The molecular formula is C14H16N4O2. The molecule has 1 saturated heterocycles.